The summed E-state index contributed by atoms with van der Waals surface area (Å²) in [7, 11) is 0. The van der Waals surface area contributed by atoms with Crippen LogP contribution in [0.25, 0.3) is 0 Å². The van der Waals surface area contributed by atoms with Crippen LogP contribution in [0.4, 0.5) is 17.1 Å². The lowest BCUT2D eigenvalue weighted by Gasteiger charge is -2.07. The van der Waals surface area contributed by atoms with Crippen LogP contribution in [-0.2, 0) is 0 Å². The zero-order valence-electron chi connectivity index (χ0n) is 12.6. The fourth-order valence-corrected chi connectivity index (χ4v) is 2.22. The van der Waals surface area contributed by atoms with Gasteiger partial charge in [0.1, 0.15) is 11.3 Å². The quantitative estimate of drug-likeness (QED) is 0.376. The van der Waals surface area contributed by atoms with Crippen LogP contribution in [-0.4, -0.2) is 25.7 Å². The minimum absolute atomic E-state index is 0.0691. The van der Waals surface area contributed by atoms with Gasteiger partial charge < -0.3 is 5.21 Å². The highest BCUT2D eigenvalue weighted by molar-refractivity contribution is 6.13. The Morgan fingerprint density at radius 1 is 0.880 bits per heavy atom. The summed E-state index contributed by atoms with van der Waals surface area (Å²) in [6.45, 7) is 1.24. The maximum absolute atomic E-state index is 11.1. The van der Waals surface area contributed by atoms with Gasteiger partial charge in [-0.25, -0.2) is 0 Å². The molecule has 0 aliphatic heterocycles. The molecule has 0 aliphatic carbocycles. The molecule has 11 nitrogen and oxygen atoms in total. The summed E-state index contributed by atoms with van der Waals surface area (Å²) in [5.74, 6) is 0. The van der Waals surface area contributed by atoms with Crippen LogP contribution < -0.4 is 0 Å². The van der Waals surface area contributed by atoms with Crippen molar-refractivity contribution in [1.82, 2.24) is 0 Å². The Hall–Kier alpha value is -3.89. The summed E-state index contributed by atoms with van der Waals surface area (Å²) < 4.78 is 0. The molecule has 2 aromatic carbocycles. The van der Waals surface area contributed by atoms with E-state index in [1.165, 1.54) is 19.1 Å². The molecule has 0 radical (unpaired) electrons. The van der Waals surface area contributed by atoms with Gasteiger partial charge in [-0.05, 0) is 19.1 Å². The third-order valence-corrected chi connectivity index (χ3v) is 3.47. The lowest BCUT2D eigenvalue weighted by molar-refractivity contribution is -0.395. The molecule has 11 heteroatoms. The summed E-state index contributed by atoms with van der Waals surface area (Å²) in [6, 6.07) is 6.92. The summed E-state index contributed by atoms with van der Waals surface area (Å²) in [5.41, 5.74) is -1.43. The number of oxime groups is 1. The Morgan fingerprint density at radius 3 is 1.72 bits per heavy atom. The molecule has 0 unspecified atom stereocenters. The molecule has 0 aliphatic rings. The van der Waals surface area contributed by atoms with E-state index in [1.807, 2.05) is 0 Å². The minimum atomic E-state index is -0.781. The average Bonchev–Trinajstić information content (AvgIpc) is 2.56. The first-order valence-corrected chi connectivity index (χ1v) is 6.67. The summed E-state index contributed by atoms with van der Waals surface area (Å²) in [4.78, 5) is 30.7. The molecule has 0 heterocycles. The van der Waals surface area contributed by atoms with Crippen molar-refractivity contribution in [2.75, 3.05) is 0 Å². The van der Waals surface area contributed by atoms with E-state index in [2.05, 4.69) is 5.16 Å². The molecule has 25 heavy (non-hydrogen) atoms. The summed E-state index contributed by atoms with van der Waals surface area (Å²) in [6.07, 6.45) is 0. The van der Waals surface area contributed by atoms with E-state index in [4.69, 9.17) is 0 Å². The van der Waals surface area contributed by atoms with Crippen molar-refractivity contribution in [3.05, 3.63) is 83.4 Å². The van der Waals surface area contributed by atoms with Crippen molar-refractivity contribution in [1.29, 1.82) is 0 Å². The SMILES string of the molecule is Cc1c([N+](=O)[O-])cc(C(=NO)c2ccc([N+](=O)[O-])cc2)cc1[N+](=O)[O-]. The van der Waals surface area contributed by atoms with Gasteiger partial charge in [0.05, 0.1) is 14.8 Å². The molecule has 1 N–H and O–H groups in total. The normalized spacial score (nSPS) is 11.2. The maximum Gasteiger partial charge on any atom is 0.279 e. The molecule has 0 saturated heterocycles. The van der Waals surface area contributed by atoms with Crippen molar-refractivity contribution in [2.45, 2.75) is 6.92 Å². The van der Waals surface area contributed by atoms with Gasteiger partial charge >= 0.3 is 0 Å². The van der Waals surface area contributed by atoms with E-state index in [0.29, 0.717) is 0 Å². The Bertz CT molecular complexity index is 871. The first-order valence-electron chi connectivity index (χ1n) is 6.67. The standard InChI is InChI=1S/C14H10N4O7/c1-8-12(17(22)23)6-10(7-13(8)18(24)25)14(15-19)9-2-4-11(5-3-9)16(20)21/h2-7,19H,1H3. The van der Waals surface area contributed by atoms with Crippen LogP contribution in [0.15, 0.2) is 41.6 Å². The number of nitro benzene ring substituents is 3. The van der Waals surface area contributed by atoms with Gasteiger partial charge in [0, 0.05) is 35.4 Å². The van der Waals surface area contributed by atoms with E-state index >= 15 is 0 Å². The first-order chi connectivity index (χ1) is 11.8. The molecule has 0 amide bonds. The van der Waals surface area contributed by atoms with Crippen LogP contribution >= 0.6 is 0 Å². The third-order valence-electron chi connectivity index (χ3n) is 3.47. The Balaban J connectivity index is 2.63. The van der Waals surface area contributed by atoms with E-state index in [0.717, 1.165) is 24.3 Å². The molecule has 0 atom stereocenters. The van der Waals surface area contributed by atoms with Gasteiger partial charge in [-0.15, -0.1) is 0 Å². The fraction of sp³-hybridized carbons (Fsp3) is 0.0714. The third kappa shape index (κ3) is 3.39. The smallest absolute Gasteiger partial charge is 0.279 e. The van der Waals surface area contributed by atoms with Crippen molar-refractivity contribution in [3.8, 4) is 0 Å². The molecule has 0 fully saturated rings. The average molecular weight is 346 g/mol. The van der Waals surface area contributed by atoms with Gasteiger partial charge in [0.15, 0.2) is 0 Å². The maximum atomic E-state index is 11.1. The lowest BCUT2D eigenvalue weighted by Crippen LogP contribution is -2.07. The molecule has 0 bridgehead atoms. The number of nitro groups is 3. The number of hydrogen-bond acceptors (Lipinski definition) is 8. The molecule has 0 aromatic heterocycles. The van der Waals surface area contributed by atoms with Gasteiger partial charge in [0.25, 0.3) is 17.1 Å². The largest absolute Gasteiger partial charge is 0.410 e. The minimum Gasteiger partial charge on any atom is -0.410 e. The molecular formula is C14H10N4O7. The van der Waals surface area contributed by atoms with E-state index in [9.17, 15) is 35.6 Å². The molecule has 0 saturated carbocycles. The Kier molecular flexibility index (Phi) is 4.68. The number of nitrogens with zero attached hydrogens (tertiary/aromatic N) is 4. The van der Waals surface area contributed by atoms with Crippen molar-refractivity contribution in [2.24, 2.45) is 5.16 Å². The Labute approximate surface area is 139 Å². The summed E-state index contributed by atoms with van der Waals surface area (Å²) >= 11 is 0. The Morgan fingerprint density at radius 2 is 1.36 bits per heavy atom. The van der Waals surface area contributed by atoms with Gasteiger partial charge in [0.2, 0.25) is 0 Å². The highest BCUT2D eigenvalue weighted by atomic mass is 16.6. The lowest BCUT2D eigenvalue weighted by atomic mass is 9.99. The molecule has 2 rings (SSSR count). The van der Waals surface area contributed by atoms with Crippen LogP contribution in [0.2, 0.25) is 0 Å². The van der Waals surface area contributed by atoms with Crippen LogP contribution in [0.1, 0.15) is 16.7 Å². The second-order valence-corrected chi connectivity index (χ2v) is 4.91. The van der Waals surface area contributed by atoms with E-state index in [1.54, 1.807) is 0 Å². The predicted molar refractivity (Wildman–Crippen MR) is 85.0 cm³/mol. The number of rotatable bonds is 5. The zero-order valence-corrected chi connectivity index (χ0v) is 12.6. The number of non-ortho nitro benzene ring substituents is 1. The number of hydrogen-bond donors (Lipinski definition) is 1. The van der Waals surface area contributed by atoms with Crippen LogP contribution in [0.5, 0.6) is 0 Å². The second kappa shape index (κ2) is 6.70. The molecule has 128 valence electrons. The molecule has 2 aromatic rings. The van der Waals surface area contributed by atoms with Gasteiger partial charge in [-0.1, -0.05) is 5.16 Å². The topological polar surface area (TPSA) is 162 Å². The molecular weight excluding hydrogens is 336 g/mol. The zero-order chi connectivity index (χ0) is 18.7. The van der Waals surface area contributed by atoms with Crippen molar-refractivity contribution >= 4 is 22.8 Å². The summed E-state index contributed by atoms with van der Waals surface area (Å²) in [5, 5.41) is 45.2. The number of benzene rings is 2. The molecule has 0 spiro atoms. The van der Waals surface area contributed by atoms with Crippen LogP contribution in [0, 0.1) is 37.3 Å². The van der Waals surface area contributed by atoms with Crippen molar-refractivity contribution in [3.63, 3.8) is 0 Å². The van der Waals surface area contributed by atoms with E-state index < -0.39 is 26.1 Å². The van der Waals surface area contributed by atoms with Crippen LogP contribution in [0.3, 0.4) is 0 Å². The highest BCUT2D eigenvalue weighted by Crippen LogP contribution is 2.30. The van der Waals surface area contributed by atoms with E-state index in [-0.39, 0.29) is 28.1 Å². The first kappa shape index (κ1) is 17.5. The van der Waals surface area contributed by atoms with Gasteiger partial charge in [-0.3, -0.25) is 30.3 Å². The monoisotopic (exact) mass is 346 g/mol. The second-order valence-electron chi connectivity index (χ2n) is 4.91. The van der Waals surface area contributed by atoms with Gasteiger partial charge in [-0.2, -0.15) is 0 Å². The predicted octanol–water partition coefficient (Wildman–Crippen LogP) is 2.95. The fourth-order valence-electron chi connectivity index (χ4n) is 2.22. The highest BCUT2D eigenvalue weighted by Gasteiger charge is 2.25. The van der Waals surface area contributed by atoms with Crippen molar-refractivity contribution < 1.29 is 20.0 Å².